The van der Waals surface area contributed by atoms with E-state index in [1.54, 1.807) is 35.3 Å². The van der Waals surface area contributed by atoms with E-state index in [2.05, 4.69) is 30.8 Å². The summed E-state index contributed by atoms with van der Waals surface area (Å²) in [5.41, 5.74) is 1.89. The number of nitrogens with one attached hydrogen (secondary N) is 1. The number of amides is 1. The van der Waals surface area contributed by atoms with Crippen LogP contribution in [-0.4, -0.2) is 42.4 Å². The number of aldehydes is 1. The normalized spacial score (nSPS) is 10.5. The molecule has 1 N–H and O–H groups in total. The summed E-state index contributed by atoms with van der Waals surface area (Å²) in [5, 5.41) is 18.5. The molecule has 0 aliphatic carbocycles. The Labute approximate surface area is 155 Å². The van der Waals surface area contributed by atoms with E-state index < -0.39 is 0 Å². The van der Waals surface area contributed by atoms with Crippen LogP contribution < -0.4 is 5.32 Å². The van der Waals surface area contributed by atoms with Crippen molar-refractivity contribution >= 4 is 18.0 Å². The first-order chi connectivity index (χ1) is 13.2. The number of unbranched alkanes of at least 4 members (excludes halogenated alkanes) is 1. The Morgan fingerprint density at radius 2 is 2.00 bits per heavy atom. The van der Waals surface area contributed by atoms with Crippen LogP contribution in [0.2, 0.25) is 0 Å². The van der Waals surface area contributed by atoms with Crippen LogP contribution in [0.15, 0.2) is 42.7 Å². The molecular weight excluding hydrogens is 346 g/mol. The molecule has 0 spiro atoms. The Bertz CT molecular complexity index is 878. The summed E-state index contributed by atoms with van der Waals surface area (Å²) in [6.07, 6.45) is 6.69. The van der Waals surface area contributed by atoms with Crippen molar-refractivity contribution in [1.29, 1.82) is 0 Å². The molecule has 0 radical (unpaired) electrons. The molecule has 0 aromatic carbocycles. The average Bonchev–Trinajstić information content (AvgIpc) is 3.15. The summed E-state index contributed by atoms with van der Waals surface area (Å²) < 4.78 is 1.65. The number of hydrogen-bond acceptors (Lipinski definition) is 7. The molecule has 3 aromatic heterocycles. The van der Waals surface area contributed by atoms with Crippen LogP contribution in [0.4, 0.5) is 5.82 Å². The van der Waals surface area contributed by atoms with Crippen molar-refractivity contribution in [2.75, 3.05) is 5.32 Å². The van der Waals surface area contributed by atoms with Crippen LogP contribution in [0.5, 0.6) is 0 Å². The number of rotatable bonds is 9. The number of aromatic nitrogens is 6. The highest BCUT2D eigenvalue weighted by Crippen LogP contribution is 2.07. The van der Waals surface area contributed by atoms with E-state index in [1.165, 1.54) is 0 Å². The summed E-state index contributed by atoms with van der Waals surface area (Å²) in [6.45, 7) is 0.690. The molecule has 27 heavy (non-hydrogen) atoms. The molecule has 138 valence electrons. The lowest BCUT2D eigenvalue weighted by atomic mass is 10.2. The Balaban J connectivity index is 1.40. The largest absolute Gasteiger partial charge is 0.309 e. The van der Waals surface area contributed by atoms with Crippen molar-refractivity contribution in [2.45, 2.75) is 32.2 Å². The van der Waals surface area contributed by atoms with Gasteiger partial charge in [0.25, 0.3) is 0 Å². The Kier molecular flexibility index (Phi) is 6.29. The highest BCUT2D eigenvalue weighted by Gasteiger charge is 2.06. The fourth-order valence-electron chi connectivity index (χ4n) is 2.47. The monoisotopic (exact) mass is 365 g/mol. The zero-order chi connectivity index (χ0) is 18.9. The molecular formula is C18H19N7O2. The Hall–Kier alpha value is -3.49. The van der Waals surface area contributed by atoms with Crippen molar-refractivity contribution in [3.63, 3.8) is 0 Å². The van der Waals surface area contributed by atoms with Gasteiger partial charge in [-0.3, -0.25) is 19.3 Å². The predicted octanol–water partition coefficient (Wildman–Crippen LogP) is 1.48. The molecule has 9 nitrogen and oxygen atoms in total. The quantitative estimate of drug-likeness (QED) is 0.451. The lowest BCUT2D eigenvalue weighted by molar-refractivity contribution is -0.115. The van der Waals surface area contributed by atoms with Gasteiger partial charge in [0, 0.05) is 18.4 Å². The predicted molar refractivity (Wildman–Crippen MR) is 97.0 cm³/mol. The maximum atomic E-state index is 12.0. The molecule has 0 saturated carbocycles. The molecule has 1 amide bonds. The molecule has 0 saturated heterocycles. The summed E-state index contributed by atoms with van der Waals surface area (Å²) in [6, 6.07) is 9.04. The molecule has 0 aliphatic heterocycles. The third kappa shape index (κ3) is 5.77. The maximum Gasteiger partial charge on any atom is 0.231 e. The number of pyridine rings is 1. The van der Waals surface area contributed by atoms with Crippen molar-refractivity contribution in [2.24, 2.45) is 0 Å². The SMILES string of the molecule is O=Cc1cn(CCCCc2ccc(NC(=O)Cc3ccccn3)nn2)nn1. The van der Waals surface area contributed by atoms with E-state index in [1.807, 2.05) is 12.1 Å². The summed E-state index contributed by atoms with van der Waals surface area (Å²) >= 11 is 0. The first-order valence-electron chi connectivity index (χ1n) is 8.60. The number of carbonyl (C=O) groups is 2. The second kappa shape index (κ2) is 9.27. The fraction of sp³-hybridized carbons (Fsp3) is 0.278. The minimum absolute atomic E-state index is 0.182. The van der Waals surface area contributed by atoms with Gasteiger partial charge in [-0.25, -0.2) is 0 Å². The van der Waals surface area contributed by atoms with Crippen molar-refractivity contribution in [3.05, 3.63) is 59.8 Å². The van der Waals surface area contributed by atoms with Crippen molar-refractivity contribution < 1.29 is 9.59 Å². The lowest BCUT2D eigenvalue weighted by Gasteiger charge is -2.05. The van der Waals surface area contributed by atoms with E-state index in [-0.39, 0.29) is 12.3 Å². The number of aryl methyl sites for hydroxylation is 2. The fourth-order valence-corrected chi connectivity index (χ4v) is 2.47. The standard InChI is InChI=1S/C18H19N7O2/c26-13-16-12-25(24-22-16)10-4-2-5-14-7-8-17(23-21-14)20-18(27)11-15-6-1-3-9-19-15/h1,3,6-9,12-13H,2,4-5,10-11H2,(H,20,23,27). The van der Waals surface area contributed by atoms with Gasteiger partial charge in [0.1, 0.15) is 5.69 Å². The van der Waals surface area contributed by atoms with Gasteiger partial charge in [-0.05, 0) is 43.5 Å². The summed E-state index contributed by atoms with van der Waals surface area (Å²) in [7, 11) is 0. The highest BCUT2D eigenvalue weighted by atomic mass is 16.1. The van der Waals surface area contributed by atoms with Gasteiger partial charge < -0.3 is 5.32 Å². The summed E-state index contributed by atoms with van der Waals surface area (Å²) in [5.74, 6) is 0.238. The van der Waals surface area contributed by atoms with Gasteiger partial charge in [0.05, 0.1) is 18.3 Å². The minimum atomic E-state index is -0.182. The number of nitrogens with zero attached hydrogens (tertiary/aromatic N) is 6. The molecule has 0 fully saturated rings. The van der Waals surface area contributed by atoms with Gasteiger partial charge >= 0.3 is 0 Å². The summed E-state index contributed by atoms with van der Waals surface area (Å²) in [4.78, 5) is 26.7. The molecule has 3 rings (SSSR count). The number of anilines is 1. The molecule has 3 aromatic rings. The third-order valence-electron chi connectivity index (χ3n) is 3.80. The second-order valence-corrected chi connectivity index (χ2v) is 5.94. The van der Waals surface area contributed by atoms with E-state index in [0.29, 0.717) is 30.0 Å². The third-order valence-corrected chi connectivity index (χ3v) is 3.80. The van der Waals surface area contributed by atoms with Crippen LogP contribution >= 0.6 is 0 Å². The van der Waals surface area contributed by atoms with Gasteiger partial charge in [0.2, 0.25) is 5.91 Å². The van der Waals surface area contributed by atoms with Gasteiger partial charge in [-0.15, -0.1) is 10.2 Å². The Morgan fingerprint density at radius 3 is 2.70 bits per heavy atom. The van der Waals surface area contributed by atoms with Crippen LogP contribution in [0.1, 0.15) is 34.7 Å². The van der Waals surface area contributed by atoms with E-state index in [4.69, 9.17) is 0 Å². The first kappa shape index (κ1) is 18.3. The zero-order valence-electron chi connectivity index (χ0n) is 14.7. The Morgan fingerprint density at radius 1 is 1.07 bits per heavy atom. The van der Waals surface area contributed by atoms with Crippen LogP contribution in [0.3, 0.4) is 0 Å². The lowest BCUT2D eigenvalue weighted by Crippen LogP contribution is -2.16. The highest BCUT2D eigenvalue weighted by molar-refractivity contribution is 5.90. The van der Waals surface area contributed by atoms with E-state index in [9.17, 15) is 9.59 Å². The van der Waals surface area contributed by atoms with E-state index in [0.717, 1.165) is 25.0 Å². The van der Waals surface area contributed by atoms with Crippen LogP contribution in [0, 0.1) is 0 Å². The van der Waals surface area contributed by atoms with Gasteiger partial charge in [0.15, 0.2) is 12.1 Å². The van der Waals surface area contributed by atoms with Crippen molar-refractivity contribution in [3.8, 4) is 0 Å². The molecule has 0 atom stereocenters. The van der Waals surface area contributed by atoms with Crippen LogP contribution in [0.25, 0.3) is 0 Å². The smallest absolute Gasteiger partial charge is 0.231 e. The molecule has 3 heterocycles. The first-order valence-corrected chi connectivity index (χ1v) is 8.60. The maximum absolute atomic E-state index is 12.0. The van der Waals surface area contributed by atoms with E-state index >= 15 is 0 Å². The molecule has 0 aliphatic rings. The average molecular weight is 365 g/mol. The minimum Gasteiger partial charge on any atom is -0.309 e. The topological polar surface area (TPSA) is 116 Å². The zero-order valence-corrected chi connectivity index (χ0v) is 14.7. The number of carbonyl (C=O) groups excluding carboxylic acids is 2. The number of hydrogen-bond donors (Lipinski definition) is 1. The molecule has 0 unspecified atom stereocenters. The molecule has 0 bridgehead atoms. The molecule has 9 heteroatoms. The van der Waals surface area contributed by atoms with Gasteiger partial charge in [-0.2, -0.15) is 5.10 Å². The van der Waals surface area contributed by atoms with Crippen LogP contribution in [-0.2, 0) is 24.2 Å². The van der Waals surface area contributed by atoms with Gasteiger partial charge in [-0.1, -0.05) is 11.3 Å². The van der Waals surface area contributed by atoms with Crippen molar-refractivity contribution in [1.82, 2.24) is 30.2 Å². The second-order valence-electron chi connectivity index (χ2n) is 5.94.